The van der Waals surface area contributed by atoms with Crippen LogP contribution in [-0.2, 0) is 11.4 Å². The molecule has 3 rings (SSSR count). The van der Waals surface area contributed by atoms with E-state index in [1.807, 2.05) is 48.5 Å². The molecule has 0 spiro atoms. The zero-order chi connectivity index (χ0) is 15.2. The maximum absolute atomic E-state index is 10.4. The predicted molar refractivity (Wildman–Crippen MR) is 90.0 cm³/mol. The molecule has 0 aromatic heterocycles. The molecule has 2 aromatic carbocycles. The Kier molecular flexibility index (Phi) is 5.14. The van der Waals surface area contributed by atoms with Crippen LogP contribution in [0.5, 0.6) is 0 Å². The molecule has 0 amide bonds. The van der Waals surface area contributed by atoms with E-state index in [-0.39, 0.29) is 5.25 Å². The highest BCUT2D eigenvalue weighted by molar-refractivity contribution is 8.00. The number of hydrogen-bond donors (Lipinski definition) is 1. The number of hydrogen-bond acceptors (Lipinski definition) is 4. The van der Waals surface area contributed by atoms with Crippen LogP contribution in [0.3, 0.4) is 0 Å². The summed E-state index contributed by atoms with van der Waals surface area (Å²) < 4.78 is 0. The van der Waals surface area contributed by atoms with Crippen LogP contribution in [0.25, 0.3) is 0 Å². The van der Waals surface area contributed by atoms with Gasteiger partial charge in [-0.2, -0.15) is 0 Å². The van der Waals surface area contributed by atoms with Crippen molar-refractivity contribution in [2.24, 2.45) is 5.16 Å². The Hall–Kier alpha value is -1.78. The van der Waals surface area contributed by atoms with Gasteiger partial charge in [0.25, 0.3) is 0 Å². The predicted octanol–water partition coefficient (Wildman–Crippen LogP) is 3.87. The van der Waals surface area contributed by atoms with Crippen molar-refractivity contribution in [1.82, 2.24) is 0 Å². The van der Waals surface area contributed by atoms with E-state index in [1.165, 1.54) is 4.90 Å². The first-order valence-electron chi connectivity index (χ1n) is 7.45. The van der Waals surface area contributed by atoms with Crippen molar-refractivity contribution < 1.29 is 9.94 Å². The van der Waals surface area contributed by atoms with Gasteiger partial charge in [0.1, 0.15) is 12.7 Å². The second-order valence-corrected chi connectivity index (χ2v) is 6.61. The summed E-state index contributed by atoms with van der Waals surface area (Å²) in [6.07, 6.45) is 1.19. The number of nitrogens with zero attached hydrogens (tertiary/aromatic N) is 1. The molecule has 0 bridgehead atoms. The smallest absolute Gasteiger partial charge is 0.142 e. The molecule has 0 aliphatic heterocycles. The van der Waals surface area contributed by atoms with Gasteiger partial charge in [0.2, 0.25) is 0 Å². The van der Waals surface area contributed by atoms with E-state index < -0.39 is 6.10 Å². The molecule has 2 aromatic rings. The van der Waals surface area contributed by atoms with Crippen LogP contribution >= 0.6 is 11.8 Å². The Morgan fingerprint density at radius 2 is 1.73 bits per heavy atom. The average molecular weight is 313 g/mol. The topological polar surface area (TPSA) is 41.8 Å². The Bertz CT molecular complexity index is 615. The first-order valence-corrected chi connectivity index (χ1v) is 8.33. The molecule has 22 heavy (non-hydrogen) atoms. The third kappa shape index (κ3) is 3.90. The van der Waals surface area contributed by atoms with Crippen molar-refractivity contribution in [3.8, 4) is 0 Å². The lowest BCUT2D eigenvalue weighted by atomic mass is 10.2. The lowest BCUT2D eigenvalue weighted by molar-refractivity contribution is 0.125. The van der Waals surface area contributed by atoms with E-state index >= 15 is 0 Å². The molecule has 0 unspecified atom stereocenters. The summed E-state index contributed by atoms with van der Waals surface area (Å²) in [5.41, 5.74) is 1.83. The Morgan fingerprint density at radius 3 is 2.45 bits per heavy atom. The third-order valence-corrected chi connectivity index (χ3v) is 5.01. The molecule has 2 atom stereocenters. The molecular formula is C18H19NO2S. The van der Waals surface area contributed by atoms with E-state index in [4.69, 9.17) is 4.84 Å². The molecule has 114 valence electrons. The molecule has 4 heteroatoms. The maximum atomic E-state index is 10.4. The quantitative estimate of drug-likeness (QED) is 0.852. The van der Waals surface area contributed by atoms with Gasteiger partial charge in [0.15, 0.2) is 0 Å². The van der Waals surface area contributed by atoms with Crippen LogP contribution in [0.15, 0.2) is 70.7 Å². The summed E-state index contributed by atoms with van der Waals surface area (Å²) >= 11 is 1.71. The van der Waals surface area contributed by atoms with Gasteiger partial charge in [-0.05, 0) is 30.5 Å². The molecule has 1 saturated carbocycles. The highest BCUT2D eigenvalue weighted by atomic mass is 32.2. The SMILES string of the molecule is O[C@@H]1/C(=N/OCc2ccccc2)CC[C@H]1Sc1ccccc1. The van der Waals surface area contributed by atoms with Crippen molar-refractivity contribution in [2.45, 2.75) is 35.7 Å². The van der Waals surface area contributed by atoms with Crippen LogP contribution in [-0.4, -0.2) is 22.2 Å². The minimum atomic E-state index is -0.527. The summed E-state index contributed by atoms with van der Waals surface area (Å²) in [5, 5.41) is 14.7. The number of benzene rings is 2. The van der Waals surface area contributed by atoms with Gasteiger partial charge in [-0.1, -0.05) is 53.7 Å². The molecule has 1 N–H and O–H groups in total. The zero-order valence-electron chi connectivity index (χ0n) is 12.3. The molecule has 0 saturated heterocycles. The van der Waals surface area contributed by atoms with Crippen LogP contribution in [0.1, 0.15) is 18.4 Å². The van der Waals surface area contributed by atoms with E-state index in [1.54, 1.807) is 11.8 Å². The fourth-order valence-electron chi connectivity index (χ4n) is 2.47. The Balaban J connectivity index is 1.54. The molecule has 1 aliphatic carbocycles. The van der Waals surface area contributed by atoms with Gasteiger partial charge in [-0.15, -0.1) is 11.8 Å². The third-order valence-electron chi connectivity index (χ3n) is 3.67. The standard InChI is InChI=1S/C18H19NO2S/c20-18-16(19-21-13-14-7-3-1-4-8-14)11-12-17(18)22-15-9-5-2-6-10-15/h1-10,17-18,20H,11-13H2/b19-16+/t17-,18-/m1/s1. The number of aliphatic hydroxyl groups is 1. The highest BCUT2D eigenvalue weighted by Crippen LogP contribution is 2.33. The highest BCUT2D eigenvalue weighted by Gasteiger charge is 2.32. The first kappa shape index (κ1) is 15.1. The number of oxime groups is 1. The normalized spacial score (nSPS) is 22.9. The van der Waals surface area contributed by atoms with Gasteiger partial charge in [0.05, 0.1) is 5.71 Å². The first-order chi connectivity index (χ1) is 10.8. The number of thioether (sulfide) groups is 1. The fraction of sp³-hybridized carbons (Fsp3) is 0.278. The van der Waals surface area contributed by atoms with E-state index in [0.717, 1.165) is 24.1 Å². The number of rotatable bonds is 5. The second kappa shape index (κ2) is 7.47. The molecule has 0 radical (unpaired) electrons. The zero-order valence-corrected chi connectivity index (χ0v) is 13.1. The summed E-state index contributed by atoms with van der Waals surface area (Å²) in [5.74, 6) is 0. The molecular weight excluding hydrogens is 294 g/mol. The van der Waals surface area contributed by atoms with Crippen LogP contribution in [0.2, 0.25) is 0 Å². The van der Waals surface area contributed by atoms with Crippen molar-refractivity contribution in [2.75, 3.05) is 0 Å². The van der Waals surface area contributed by atoms with Gasteiger partial charge >= 0.3 is 0 Å². The van der Waals surface area contributed by atoms with Crippen molar-refractivity contribution in [3.05, 3.63) is 66.2 Å². The Morgan fingerprint density at radius 1 is 1.05 bits per heavy atom. The van der Waals surface area contributed by atoms with E-state index in [0.29, 0.717) is 6.61 Å². The summed E-state index contributed by atoms with van der Waals surface area (Å²) in [7, 11) is 0. The van der Waals surface area contributed by atoms with Crippen LogP contribution in [0, 0.1) is 0 Å². The van der Waals surface area contributed by atoms with E-state index in [9.17, 15) is 5.11 Å². The van der Waals surface area contributed by atoms with Crippen LogP contribution in [0.4, 0.5) is 0 Å². The van der Waals surface area contributed by atoms with Gasteiger partial charge < -0.3 is 9.94 Å². The van der Waals surface area contributed by atoms with Crippen molar-refractivity contribution in [1.29, 1.82) is 0 Å². The van der Waals surface area contributed by atoms with Crippen molar-refractivity contribution in [3.63, 3.8) is 0 Å². The minimum Gasteiger partial charge on any atom is -0.391 e. The summed E-state index contributed by atoms with van der Waals surface area (Å²) in [6, 6.07) is 20.1. The lowest BCUT2D eigenvalue weighted by Gasteiger charge is -2.13. The number of aliphatic hydroxyl groups excluding tert-OH is 1. The minimum absolute atomic E-state index is 0.154. The van der Waals surface area contributed by atoms with Crippen LogP contribution < -0.4 is 0 Å². The van der Waals surface area contributed by atoms with Gasteiger partial charge in [-0.3, -0.25) is 0 Å². The largest absolute Gasteiger partial charge is 0.391 e. The molecule has 1 fully saturated rings. The maximum Gasteiger partial charge on any atom is 0.142 e. The monoisotopic (exact) mass is 313 g/mol. The molecule has 3 nitrogen and oxygen atoms in total. The summed E-state index contributed by atoms with van der Waals surface area (Å²) in [4.78, 5) is 6.57. The molecule has 0 heterocycles. The lowest BCUT2D eigenvalue weighted by Crippen LogP contribution is -2.23. The van der Waals surface area contributed by atoms with Gasteiger partial charge in [0, 0.05) is 10.1 Å². The average Bonchev–Trinajstić information content (AvgIpc) is 2.90. The van der Waals surface area contributed by atoms with Gasteiger partial charge in [-0.25, -0.2) is 0 Å². The second-order valence-electron chi connectivity index (χ2n) is 5.29. The fourth-order valence-corrected chi connectivity index (χ4v) is 3.66. The molecule has 1 aliphatic rings. The Labute approximate surface area is 135 Å². The van der Waals surface area contributed by atoms with E-state index in [2.05, 4.69) is 17.3 Å². The van der Waals surface area contributed by atoms with Crippen molar-refractivity contribution >= 4 is 17.5 Å². The summed E-state index contributed by atoms with van der Waals surface area (Å²) in [6.45, 7) is 0.438.